The van der Waals surface area contributed by atoms with E-state index in [1.807, 2.05) is 6.92 Å². The van der Waals surface area contributed by atoms with Crippen molar-refractivity contribution in [3.8, 4) is 5.75 Å². The van der Waals surface area contributed by atoms with Crippen LogP contribution in [0.1, 0.15) is 18.9 Å². The van der Waals surface area contributed by atoms with Gasteiger partial charge in [0.2, 0.25) is 0 Å². The zero-order valence-corrected chi connectivity index (χ0v) is 13.6. The molecule has 0 fully saturated rings. The second kappa shape index (κ2) is 9.47. The largest absolute Gasteiger partial charge is 0.496 e. The Bertz CT molecular complexity index is 455. The lowest BCUT2D eigenvalue weighted by atomic mass is 10.2. The highest BCUT2D eigenvalue weighted by atomic mass is 35.5. The first-order chi connectivity index (χ1) is 10.1. The second-order valence-corrected chi connectivity index (χ2v) is 5.03. The Morgan fingerprint density at radius 2 is 2.19 bits per heavy atom. The summed E-state index contributed by atoms with van der Waals surface area (Å²) in [6.45, 7) is 4.33. The van der Waals surface area contributed by atoms with Crippen molar-refractivity contribution in [1.82, 2.24) is 10.2 Å². The van der Waals surface area contributed by atoms with Gasteiger partial charge in [-0.15, -0.1) is 0 Å². The molecule has 0 aliphatic heterocycles. The number of benzene rings is 1. The van der Waals surface area contributed by atoms with E-state index in [1.165, 1.54) is 0 Å². The molecule has 5 nitrogen and oxygen atoms in total. The lowest BCUT2D eigenvalue weighted by Crippen LogP contribution is -2.37. The summed E-state index contributed by atoms with van der Waals surface area (Å²) < 4.78 is 10.5. The van der Waals surface area contributed by atoms with Gasteiger partial charge in [-0.1, -0.05) is 11.6 Å². The van der Waals surface area contributed by atoms with Crippen molar-refractivity contribution in [1.29, 1.82) is 0 Å². The van der Waals surface area contributed by atoms with Crippen LogP contribution in [0.15, 0.2) is 18.2 Å². The SMILES string of the molecule is CCOCCCNC(=O)N(C)Cc1cc(Cl)ccc1OC. The zero-order valence-electron chi connectivity index (χ0n) is 12.8. The molecular weight excluding hydrogens is 292 g/mol. The van der Waals surface area contributed by atoms with Crippen molar-refractivity contribution >= 4 is 17.6 Å². The molecule has 0 spiro atoms. The molecule has 0 bridgehead atoms. The van der Waals surface area contributed by atoms with E-state index < -0.39 is 0 Å². The fraction of sp³-hybridized carbons (Fsp3) is 0.533. The van der Waals surface area contributed by atoms with Crippen LogP contribution in [-0.2, 0) is 11.3 Å². The Morgan fingerprint density at radius 3 is 2.86 bits per heavy atom. The van der Waals surface area contributed by atoms with E-state index >= 15 is 0 Å². The van der Waals surface area contributed by atoms with Crippen LogP contribution in [0.2, 0.25) is 5.02 Å². The Kier molecular flexibility index (Phi) is 7.93. The van der Waals surface area contributed by atoms with Crippen molar-refractivity contribution in [2.75, 3.05) is 33.9 Å². The topological polar surface area (TPSA) is 50.8 Å². The summed E-state index contributed by atoms with van der Waals surface area (Å²) in [5.74, 6) is 0.718. The van der Waals surface area contributed by atoms with Gasteiger partial charge in [0.1, 0.15) is 5.75 Å². The van der Waals surface area contributed by atoms with Crippen LogP contribution in [0, 0.1) is 0 Å². The number of hydrogen-bond donors (Lipinski definition) is 1. The van der Waals surface area contributed by atoms with Gasteiger partial charge >= 0.3 is 6.03 Å². The Hall–Kier alpha value is -1.46. The number of amides is 2. The quantitative estimate of drug-likeness (QED) is 0.751. The van der Waals surface area contributed by atoms with Crippen molar-refractivity contribution in [3.63, 3.8) is 0 Å². The smallest absolute Gasteiger partial charge is 0.317 e. The van der Waals surface area contributed by atoms with Gasteiger partial charge in [0, 0.05) is 37.4 Å². The summed E-state index contributed by atoms with van der Waals surface area (Å²) in [6.07, 6.45) is 0.800. The van der Waals surface area contributed by atoms with E-state index in [4.69, 9.17) is 21.1 Å². The number of halogens is 1. The third-order valence-corrected chi connectivity index (χ3v) is 3.18. The number of nitrogens with one attached hydrogen (secondary N) is 1. The minimum absolute atomic E-state index is 0.131. The van der Waals surface area contributed by atoms with E-state index in [2.05, 4.69) is 5.32 Å². The summed E-state index contributed by atoms with van der Waals surface area (Å²) in [7, 11) is 3.33. The third kappa shape index (κ3) is 6.23. The Morgan fingerprint density at radius 1 is 1.43 bits per heavy atom. The molecule has 21 heavy (non-hydrogen) atoms. The number of rotatable bonds is 8. The predicted molar refractivity (Wildman–Crippen MR) is 84.0 cm³/mol. The predicted octanol–water partition coefficient (Wildman–Crippen LogP) is 2.92. The first-order valence-electron chi connectivity index (χ1n) is 6.97. The maximum Gasteiger partial charge on any atom is 0.317 e. The van der Waals surface area contributed by atoms with Crippen LogP contribution >= 0.6 is 11.6 Å². The lowest BCUT2D eigenvalue weighted by Gasteiger charge is -2.19. The molecule has 1 aromatic carbocycles. The Labute approximate surface area is 131 Å². The highest BCUT2D eigenvalue weighted by molar-refractivity contribution is 6.30. The average Bonchev–Trinajstić information content (AvgIpc) is 2.47. The standard InChI is InChI=1S/C15H23ClN2O3/c1-4-21-9-5-8-17-15(19)18(2)11-12-10-13(16)6-7-14(12)20-3/h6-7,10H,4-5,8-9,11H2,1-3H3,(H,17,19). The van der Waals surface area contributed by atoms with Gasteiger partial charge in [0.15, 0.2) is 0 Å². The number of hydrogen-bond acceptors (Lipinski definition) is 3. The fourth-order valence-electron chi connectivity index (χ4n) is 1.85. The van der Waals surface area contributed by atoms with Gasteiger partial charge in [-0.2, -0.15) is 0 Å². The first-order valence-corrected chi connectivity index (χ1v) is 7.35. The summed E-state index contributed by atoms with van der Waals surface area (Å²) in [4.78, 5) is 13.6. The van der Waals surface area contributed by atoms with Gasteiger partial charge in [0.05, 0.1) is 13.7 Å². The number of carbonyl (C=O) groups is 1. The highest BCUT2D eigenvalue weighted by Gasteiger charge is 2.12. The molecule has 6 heteroatoms. The van der Waals surface area contributed by atoms with Crippen molar-refractivity contribution in [2.45, 2.75) is 19.9 Å². The molecule has 0 unspecified atom stereocenters. The van der Waals surface area contributed by atoms with Crippen LogP contribution in [-0.4, -0.2) is 44.8 Å². The van der Waals surface area contributed by atoms with Gasteiger partial charge < -0.3 is 19.7 Å². The number of ether oxygens (including phenoxy) is 2. The molecule has 0 aliphatic carbocycles. The minimum atomic E-state index is -0.131. The van der Waals surface area contributed by atoms with Crippen molar-refractivity contribution < 1.29 is 14.3 Å². The number of urea groups is 1. The number of nitrogens with zero attached hydrogens (tertiary/aromatic N) is 1. The van der Waals surface area contributed by atoms with Gasteiger partial charge in [-0.25, -0.2) is 4.79 Å². The summed E-state index contributed by atoms with van der Waals surface area (Å²) in [5.41, 5.74) is 0.872. The molecule has 0 saturated heterocycles. The number of methoxy groups -OCH3 is 1. The van der Waals surface area contributed by atoms with Crippen LogP contribution in [0.5, 0.6) is 5.75 Å². The number of carbonyl (C=O) groups excluding carboxylic acids is 1. The molecule has 1 rings (SSSR count). The monoisotopic (exact) mass is 314 g/mol. The highest BCUT2D eigenvalue weighted by Crippen LogP contribution is 2.23. The lowest BCUT2D eigenvalue weighted by molar-refractivity contribution is 0.144. The maximum absolute atomic E-state index is 12.0. The fourth-order valence-corrected chi connectivity index (χ4v) is 2.04. The zero-order chi connectivity index (χ0) is 15.7. The van der Waals surface area contributed by atoms with Crippen LogP contribution in [0.3, 0.4) is 0 Å². The molecule has 2 amide bonds. The molecule has 1 aromatic rings. The van der Waals surface area contributed by atoms with E-state index in [-0.39, 0.29) is 6.03 Å². The molecule has 0 radical (unpaired) electrons. The second-order valence-electron chi connectivity index (χ2n) is 4.59. The van der Waals surface area contributed by atoms with E-state index in [0.29, 0.717) is 31.3 Å². The first kappa shape index (κ1) is 17.6. The van der Waals surface area contributed by atoms with E-state index in [9.17, 15) is 4.79 Å². The molecule has 0 heterocycles. The van der Waals surface area contributed by atoms with Crippen molar-refractivity contribution in [3.05, 3.63) is 28.8 Å². The van der Waals surface area contributed by atoms with E-state index in [0.717, 1.165) is 17.7 Å². The minimum Gasteiger partial charge on any atom is -0.496 e. The van der Waals surface area contributed by atoms with E-state index in [1.54, 1.807) is 37.3 Å². The average molecular weight is 315 g/mol. The van der Waals surface area contributed by atoms with Crippen LogP contribution in [0.4, 0.5) is 4.79 Å². The summed E-state index contributed by atoms with van der Waals surface area (Å²) in [5, 5.41) is 3.47. The summed E-state index contributed by atoms with van der Waals surface area (Å²) >= 11 is 5.98. The molecular formula is C15H23ClN2O3. The molecule has 0 atom stereocenters. The van der Waals surface area contributed by atoms with Gasteiger partial charge in [-0.05, 0) is 31.5 Å². The van der Waals surface area contributed by atoms with Gasteiger partial charge in [0.25, 0.3) is 0 Å². The van der Waals surface area contributed by atoms with Crippen LogP contribution < -0.4 is 10.1 Å². The molecule has 0 aliphatic rings. The summed E-state index contributed by atoms with van der Waals surface area (Å²) in [6, 6.07) is 5.23. The van der Waals surface area contributed by atoms with Gasteiger partial charge in [-0.3, -0.25) is 0 Å². The molecule has 1 N–H and O–H groups in total. The molecule has 0 saturated carbocycles. The third-order valence-electron chi connectivity index (χ3n) is 2.94. The van der Waals surface area contributed by atoms with Crippen LogP contribution in [0.25, 0.3) is 0 Å². The normalized spacial score (nSPS) is 10.3. The Balaban J connectivity index is 2.46. The molecule has 118 valence electrons. The van der Waals surface area contributed by atoms with Crippen molar-refractivity contribution in [2.24, 2.45) is 0 Å². The molecule has 0 aromatic heterocycles. The maximum atomic E-state index is 12.0.